The van der Waals surface area contributed by atoms with E-state index in [9.17, 15) is 9.90 Å². The third kappa shape index (κ3) is 3.13. The van der Waals surface area contributed by atoms with Crippen LogP contribution in [0.4, 0.5) is 10.6 Å². The average Bonchev–Trinajstić information content (AvgIpc) is 3.33. The van der Waals surface area contributed by atoms with Crippen LogP contribution in [0.15, 0.2) is 36.7 Å². The average molecular weight is 395 g/mol. The van der Waals surface area contributed by atoms with Crippen molar-refractivity contribution in [3.05, 3.63) is 42.4 Å². The summed E-state index contributed by atoms with van der Waals surface area (Å²) in [6, 6.07) is 6.90. The molecule has 0 bridgehead atoms. The van der Waals surface area contributed by atoms with E-state index in [1.807, 2.05) is 18.3 Å². The molecule has 29 heavy (non-hydrogen) atoms. The smallest absolute Gasteiger partial charge is 0.317 e. The number of nitrogens with zero attached hydrogens (tertiary/aromatic N) is 3. The molecule has 3 aromatic heterocycles. The Kier molecular flexibility index (Phi) is 4.23. The van der Waals surface area contributed by atoms with Crippen molar-refractivity contribution in [3.63, 3.8) is 0 Å². The van der Waals surface area contributed by atoms with E-state index in [1.165, 1.54) is 0 Å². The standard InChI is InChI=1S/C20H21N5O4/c21-19(26)24-18-6-13-14(8-25(16(13)7-22-18)12-4-5-28-9-12)15-2-1-3-17(23-15)20(27)10-29-11-20/h1-3,6-8,12,27H,4-5,9-11H2,(H3,21,22,24,26)/t12-/m1/s1. The number of carbonyl (C=O) groups is 1. The highest BCUT2D eigenvalue weighted by atomic mass is 16.5. The first-order valence-electron chi connectivity index (χ1n) is 9.46. The van der Waals surface area contributed by atoms with Crippen LogP contribution in [-0.2, 0) is 15.1 Å². The van der Waals surface area contributed by atoms with Gasteiger partial charge < -0.3 is 24.9 Å². The lowest BCUT2D eigenvalue weighted by atomic mass is 9.96. The molecule has 9 heteroatoms. The number of rotatable bonds is 4. The van der Waals surface area contributed by atoms with Gasteiger partial charge in [0.25, 0.3) is 0 Å². The third-order valence-corrected chi connectivity index (χ3v) is 5.45. The van der Waals surface area contributed by atoms with Gasteiger partial charge in [0.05, 0.1) is 49.0 Å². The summed E-state index contributed by atoms with van der Waals surface area (Å²) in [6.45, 7) is 1.83. The lowest BCUT2D eigenvalue weighted by molar-refractivity contribution is -0.186. The molecule has 2 aliphatic rings. The quantitative estimate of drug-likeness (QED) is 0.618. The molecule has 0 aromatic carbocycles. The molecule has 2 fully saturated rings. The van der Waals surface area contributed by atoms with E-state index in [0.29, 0.717) is 18.1 Å². The molecule has 0 unspecified atom stereocenters. The third-order valence-electron chi connectivity index (χ3n) is 5.45. The van der Waals surface area contributed by atoms with Crippen LogP contribution >= 0.6 is 0 Å². The Labute approximate surface area is 166 Å². The van der Waals surface area contributed by atoms with Crippen molar-refractivity contribution in [2.24, 2.45) is 5.73 Å². The second-order valence-corrected chi connectivity index (χ2v) is 7.48. The predicted octanol–water partition coefficient (Wildman–Crippen LogP) is 1.77. The van der Waals surface area contributed by atoms with E-state index >= 15 is 0 Å². The molecule has 2 amide bonds. The van der Waals surface area contributed by atoms with Crippen molar-refractivity contribution < 1.29 is 19.4 Å². The number of nitrogens with one attached hydrogen (secondary N) is 1. The fourth-order valence-electron chi connectivity index (χ4n) is 3.88. The van der Waals surface area contributed by atoms with Crippen LogP contribution in [0.2, 0.25) is 0 Å². The highest BCUT2D eigenvalue weighted by molar-refractivity contribution is 5.98. The minimum atomic E-state index is -1.05. The van der Waals surface area contributed by atoms with Crippen molar-refractivity contribution in [1.82, 2.24) is 14.5 Å². The number of hydrogen-bond acceptors (Lipinski definition) is 6. The van der Waals surface area contributed by atoms with E-state index in [4.69, 9.17) is 20.2 Å². The predicted molar refractivity (Wildman–Crippen MR) is 105 cm³/mol. The highest BCUT2D eigenvalue weighted by Gasteiger charge is 2.39. The minimum Gasteiger partial charge on any atom is -0.379 e. The lowest BCUT2D eigenvalue weighted by Crippen LogP contribution is -2.47. The van der Waals surface area contributed by atoms with Gasteiger partial charge in [-0.05, 0) is 24.6 Å². The number of aliphatic hydroxyl groups is 1. The summed E-state index contributed by atoms with van der Waals surface area (Å²) in [5, 5.41) is 14.0. The number of amides is 2. The van der Waals surface area contributed by atoms with Crippen LogP contribution in [0.25, 0.3) is 22.2 Å². The Balaban J connectivity index is 1.65. The number of fused-ring (bicyclic) bond motifs is 1. The van der Waals surface area contributed by atoms with E-state index in [-0.39, 0.29) is 19.3 Å². The van der Waals surface area contributed by atoms with Crippen LogP contribution in [-0.4, -0.2) is 52.1 Å². The maximum atomic E-state index is 11.3. The van der Waals surface area contributed by atoms with Crippen LogP contribution in [0, 0.1) is 0 Å². The maximum Gasteiger partial charge on any atom is 0.317 e. The number of ether oxygens (including phenoxy) is 2. The molecule has 150 valence electrons. The Morgan fingerprint density at radius 2 is 2.21 bits per heavy atom. The summed E-state index contributed by atoms with van der Waals surface area (Å²) in [4.78, 5) is 20.3. The molecular formula is C20H21N5O4. The normalized spacial score (nSPS) is 20.5. The van der Waals surface area contributed by atoms with Gasteiger partial charge in [0, 0.05) is 23.8 Å². The van der Waals surface area contributed by atoms with Gasteiger partial charge in [-0.3, -0.25) is 5.32 Å². The van der Waals surface area contributed by atoms with Crippen molar-refractivity contribution in [3.8, 4) is 11.3 Å². The first-order valence-corrected chi connectivity index (χ1v) is 9.46. The molecule has 5 heterocycles. The molecule has 0 spiro atoms. The zero-order chi connectivity index (χ0) is 20.0. The summed E-state index contributed by atoms with van der Waals surface area (Å²) >= 11 is 0. The zero-order valence-electron chi connectivity index (χ0n) is 15.7. The Bertz CT molecular complexity index is 1090. The topological polar surface area (TPSA) is 125 Å². The molecule has 0 aliphatic carbocycles. The molecule has 2 saturated heterocycles. The number of urea groups is 1. The number of anilines is 1. The Morgan fingerprint density at radius 1 is 1.34 bits per heavy atom. The van der Waals surface area contributed by atoms with Crippen molar-refractivity contribution in [1.29, 1.82) is 0 Å². The van der Waals surface area contributed by atoms with Gasteiger partial charge in [-0.2, -0.15) is 0 Å². The van der Waals surface area contributed by atoms with E-state index < -0.39 is 11.6 Å². The van der Waals surface area contributed by atoms with Crippen molar-refractivity contribution in [2.45, 2.75) is 18.1 Å². The van der Waals surface area contributed by atoms with Gasteiger partial charge in [-0.15, -0.1) is 0 Å². The maximum absolute atomic E-state index is 11.3. The number of pyridine rings is 2. The first kappa shape index (κ1) is 18.0. The van der Waals surface area contributed by atoms with Gasteiger partial charge in [0.1, 0.15) is 5.82 Å². The fourth-order valence-corrected chi connectivity index (χ4v) is 3.88. The van der Waals surface area contributed by atoms with Gasteiger partial charge in [0.15, 0.2) is 5.60 Å². The summed E-state index contributed by atoms with van der Waals surface area (Å²) in [5.41, 5.74) is 7.31. The van der Waals surface area contributed by atoms with Crippen molar-refractivity contribution in [2.75, 3.05) is 31.7 Å². The minimum absolute atomic E-state index is 0.204. The second kappa shape index (κ2) is 6.80. The largest absolute Gasteiger partial charge is 0.379 e. The zero-order valence-corrected chi connectivity index (χ0v) is 15.7. The van der Waals surface area contributed by atoms with Crippen LogP contribution in [0.1, 0.15) is 18.2 Å². The molecule has 3 aromatic rings. The molecule has 4 N–H and O–H groups in total. The number of aromatic nitrogens is 3. The summed E-state index contributed by atoms with van der Waals surface area (Å²) < 4.78 is 12.9. The van der Waals surface area contributed by atoms with Crippen LogP contribution < -0.4 is 11.1 Å². The van der Waals surface area contributed by atoms with E-state index in [1.54, 1.807) is 18.3 Å². The molecule has 2 aliphatic heterocycles. The van der Waals surface area contributed by atoms with E-state index in [2.05, 4.69) is 14.9 Å². The Morgan fingerprint density at radius 3 is 2.90 bits per heavy atom. The van der Waals surface area contributed by atoms with Gasteiger partial charge >= 0.3 is 6.03 Å². The molecule has 1 atom stereocenters. The molecule has 0 saturated carbocycles. The molecule has 5 rings (SSSR count). The van der Waals surface area contributed by atoms with E-state index in [0.717, 1.165) is 35.2 Å². The fraction of sp³-hybridized carbons (Fsp3) is 0.350. The van der Waals surface area contributed by atoms with Gasteiger partial charge in [-0.25, -0.2) is 14.8 Å². The summed E-state index contributed by atoms with van der Waals surface area (Å²) in [5.74, 6) is 0.369. The Hall–Kier alpha value is -3.01. The number of carbonyl (C=O) groups excluding carboxylic acids is 1. The number of nitrogens with two attached hydrogens (primary N) is 1. The van der Waals surface area contributed by atoms with Crippen molar-refractivity contribution >= 4 is 22.8 Å². The van der Waals surface area contributed by atoms with Crippen LogP contribution in [0.3, 0.4) is 0 Å². The molecular weight excluding hydrogens is 374 g/mol. The summed E-state index contributed by atoms with van der Waals surface area (Å²) in [6.07, 6.45) is 4.67. The second-order valence-electron chi connectivity index (χ2n) is 7.48. The highest BCUT2D eigenvalue weighted by Crippen LogP contribution is 2.36. The van der Waals surface area contributed by atoms with Gasteiger partial charge in [0.2, 0.25) is 0 Å². The number of hydrogen-bond donors (Lipinski definition) is 3. The monoisotopic (exact) mass is 395 g/mol. The number of primary amides is 1. The SMILES string of the molecule is NC(=O)Nc1cc2c(-c3cccc(C4(O)COC4)n3)cn([C@@H]3CCOC3)c2cn1. The summed E-state index contributed by atoms with van der Waals surface area (Å²) in [7, 11) is 0. The van der Waals surface area contributed by atoms with Crippen LogP contribution in [0.5, 0.6) is 0 Å². The molecule has 9 nitrogen and oxygen atoms in total. The molecule has 0 radical (unpaired) electrons. The first-order chi connectivity index (χ1) is 14.0. The lowest BCUT2D eigenvalue weighted by Gasteiger charge is -2.35. The van der Waals surface area contributed by atoms with Gasteiger partial charge in [-0.1, -0.05) is 6.07 Å².